The fourth-order valence-corrected chi connectivity index (χ4v) is 3.26. The lowest BCUT2D eigenvalue weighted by Crippen LogP contribution is -2.58. The molecule has 0 bridgehead atoms. The molecule has 0 radical (unpaired) electrons. The smallest absolute Gasteiger partial charge is 0.0728 e. The molecule has 0 aliphatic heterocycles. The zero-order valence-electron chi connectivity index (χ0n) is 13.7. The highest BCUT2D eigenvalue weighted by molar-refractivity contribution is 5.04. The number of hydrogen-bond acceptors (Lipinski definition) is 2. The van der Waals surface area contributed by atoms with E-state index in [1.807, 2.05) is 27.7 Å². The first kappa shape index (κ1) is 17.9. The molecule has 0 saturated carbocycles. The monoisotopic (exact) mass is 258 g/mol. The van der Waals surface area contributed by atoms with Crippen LogP contribution in [0.15, 0.2) is 0 Å². The molecule has 0 spiro atoms. The van der Waals surface area contributed by atoms with Gasteiger partial charge in [0.1, 0.15) is 0 Å². The van der Waals surface area contributed by atoms with Crippen LogP contribution in [0, 0.1) is 17.3 Å². The molecular weight excluding hydrogens is 224 g/mol. The molecule has 2 atom stereocenters. The van der Waals surface area contributed by atoms with Gasteiger partial charge in [0.05, 0.1) is 11.2 Å². The van der Waals surface area contributed by atoms with Gasteiger partial charge in [-0.05, 0) is 44.9 Å². The van der Waals surface area contributed by atoms with Gasteiger partial charge in [-0.25, -0.2) is 0 Å². The van der Waals surface area contributed by atoms with Crippen LogP contribution >= 0.6 is 0 Å². The summed E-state index contributed by atoms with van der Waals surface area (Å²) in [5.41, 5.74) is -2.20. The number of rotatable bonds is 7. The molecule has 0 aromatic rings. The third-order valence-corrected chi connectivity index (χ3v) is 4.52. The maximum atomic E-state index is 11.1. The van der Waals surface area contributed by atoms with Crippen molar-refractivity contribution in [3.05, 3.63) is 0 Å². The summed E-state index contributed by atoms with van der Waals surface area (Å²) < 4.78 is 0. The quantitative estimate of drug-likeness (QED) is 0.724. The Hall–Kier alpha value is -0.0800. The van der Waals surface area contributed by atoms with E-state index in [1.54, 1.807) is 0 Å². The lowest BCUT2D eigenvalue weighted by molar-refractivity contribution is -0.190. The molecule has 2 nitrogen and oxygen atoms in total. The van der Waals surface area contributed by atoms with Crippen LogP contribution in [0.25, 0.3) is 0 Å². The van der Waals surface area contributed by atoms with E-state index in [1.165, 1.54) is 0 Å². The molecule has 0 rings (SSSR count). The Morgan fingerprint density at radius 3 is 1.44 bits per heavy atom. The van der Waals surface area contributed by atoms with Gasteiger partial charge in [-0.15, -0.1) is 0 Å². The van der Waals surface area contributed by atoms with Gasteiger partial charge in [0.2, 0.25) is 0 Å². The first-order valence-corrected chi connectivity index (χ1v) is 7.34. The van der Waals surface area contributed by atoms with E-state index in [9.17, 15) is 10.2 Å². The summed E-state index contributed by atoms with van der Waals surface area (Å²) in [7, 11) is 0. The van der Waals surface area contributed by atoms with Gasteiger partial charge in [0.25, 0.3) is 0 Å². The van der Waals surface area contributed by atoms with Crippen LogP contribution < -0.4 is 0 Å². The highest BCUT2D eigenvalue weighted by Gasteiger charge is 2.54. The Morgan fingerprint density at radius 1 is 0.833 bits per heavy atom. The molecule has 2 unspecified atom stereocenters. The maximum Gasteiger partial charge on any atom is 0.0728 e. The predicted molar refractivity (Wildman–Crippen MR) is 78.6 cm³/mol. The number of hydrogen-bond donors (Lipinski definition) is 2. The molecule has 0 aliphatic carbocycles. The second kappa shape index (κ2) is 5.92. The van der Waals surface area contributed by atoms with Crippen LogP contribution in [0.1, 0.15) is 74.7 Å². The van der Waals surface area contributed by atoms with Gasteiger partial charge in [-0.1, -0.05) is 41.5 Å². The van der Waals surface area contributed by atoms with Crippen molar-refractivity contribution in [2.75, 3.05) is 0 Å². The van der Waals surface area contributed by atoms with E-state index in [0.29, 0.717) is 18.3 Å². The van der Waals surface area contributed by atoms with Crippen LogP contribution in [-0.4, -0.2) is 21.4 Å². The van der Waals surface area contributed by atoms with Crippen LogP contribution in [0.5, 0.6) is 0 Å². The van der Waals surface area contributed by atoms with Crippen molar-refractivity contribution in [1.82, 2.24) is 0 Å². The molecule has 0 aromatic heterocycles. The third-order valence-electron chi connectivity index (χ3n) is 4.52. The van der Waals surface area contributed by atoms with Gasteiger partial charge in [0, 0.05) is 5.41 Å². The SMILES string of the molecule is CCC(O)(CC(C)C)C(C)(CC(C)C)C(C)(C)O. The predicted octanol–water partition coefficient (Wildman–Crippen LogP) is 4.00. The van der Waals surface area contributed by atoms with Crippen LogP contribution in [0.4, 0.5) is 0 Å². The fourth-order valence-electron chi connectivity index (χ4n) is 3.26. The van der Waals surface area contributed by atoms with Gasteiger partial charge in [-0.2, -0.15) is 0 Å². The Kier molecular flexibility index (Phi) is 5.89. The van der Waals surface area contributed by atoms with Crippen molar-refractivity contribution in [2.24, 2.45) is 17.3 Å². The highest BCUT2D eigenvalue weighted by Crippen LogP contribution is 2.50. The van der Waals surface area contributed by atoms with Crippen molar-refractivity contribution in [3.63, 3.8) is 0 Å². The molecule has 0 aromatic carbocycles. The van der Waals surface area contributed by atoms with E-state index in [2.05, 4.69) is 27.7 Å². The Morgan fingerprint density at radius 2 is 1.22 bits per heavy atom. The van der Waals surface area contributed by atoms with Crippen molar-refractivity contribution < 1.29 is 10.2 Å². The molecule has 0 heterocycles. The summed E-state index contributed by atoms with van der Waals surface area (Å²) in [4.78, 5) is 0. The molecule has 110 valence electrons. The van der Waals surface area contributed by atoms with Crippen LogP contribution in [-0.2, 0) is 0 Å². The molecular formula is C16H34O2. The summed E-state index contributed by atoms with van der Waals surface area (Å²) in [6.45, 7) is 16.3. The molecule has 0 fully saturated rings. The largest absolute Gasteiger partial charge is 0.390 e. The molecule has 0 amide bonds. The van der Waals surface area contributed by atoms with Crippen LogP contribution in [0.3, 0.4) is 0 Å². The zero-order valence-corrected chi connectivity index (χ0v) is 13.7. The molecule has 2 heteroatoms. The first-order chi connectivity index (χ1) is 7.89. The lowest BCUT2D eigenvalue weighted by atomic mass is 9.57. The Balaban J connectivity index is 5.52. The summed E-state index contributed by atoms with van der Waals surface area (Å²) in [5.74, 6) is 0.871. The molecule has 0 saturated heterocycles. The molecule has 2 N–H and O–H groups in total. The Bertz CT molecular complexity index is 252. The average Bonchev–Trinajstić information content (AvgIpc) is 2.13. The minimum absolute atomic E-state index is 0.420. The zero-order chi connectivity index (χ0) is 14.8. The van der Waals surface area contributed by atoms with E-state index >= 15 is 0 Å². The van der Waals surface area contributed by atoms with Crippen molar-refractivity contribution in [3.8, 4) is 0 Å². The molecule has 0 aliphatic rings. The lowest BCUT2D eigenvalue weighted by Gasteiger charge is -2.53. The minimum atomic E-state index is -0.892. The summed E-state index contributed by atoms with van der Waals surface area (Å²) >= 11 is 0. The van der Waals surface area contributed by atoms with E-state index in [0.717, 1.165) is 12.8 Å². The summed E-state index contributed by atoms with van der Waals surface area (Å²) in [6.07, 6.45) is 2.24. The normalized spacial score (nSPS) is 20.0. The second-order valence-electron chi connectivity index (χ2n) is 7.47. The Labute approximate surface area is 114 Å². The minimum Gasteiger partial charge on any atom is -0.390 e. The van der Waals surface area contributed by atoms with Gasteiger partial charge < -0.3 is 10.2 Å². The average molecular weight is 258 g/mol. The summed E-state index contributed by atoms with van der Waals surface area (Å²) in [5, 5.41) is 21.7. The fraction of sp³-hybridized carbons (Fsp3) is 1.00. The van der Waals surface area contributed by atoms with E-state index < -0.39 is 16.6 Å². The van der Waals surface area contributed by atoms with E-state index in [4.69, 9.17) is 0 Å². The second-order valence-corrected chi connectivity index (χ2v) is 7.47. The summed E-state index contributed by atoms with van der Waals surface area (Å²) in [6, 6.07) is 0. The van der Waals surface area contributed by atoms with Crippen molar-refractivity contribution in [1.29, 1.82) is 0 Å². The van der Waals surface area contributed by atoms with Crippen molar-refractivity contribution >= 4 is 0 Å². The first-order valence-electron chi connectivity index (χ1n) is 7.34. The maximum absolute atomic E-state index is 11.1. The topological polar surface area (TPSA) is 40.5 Å². The molecule has 18 heavy (non-hydrogen) atoms. The van der Waals surface area contributed by atoms with E-state index in [-0.39, 0.29) is 0 Å². The highest BCUT2D eigenvalue weighted by atomic mass is 16.3. The van der Waals surface area contributed by atoms with Crippen molar-refractivity contribution in [2.45, 2.75) is 85.9 Å². The van der Waals surface area contributed by atoms with Gasteiger partial charge in [-0.3, -0.25) is 0 Å². The van der Waals surface area contributed by atoms with Crippen LogP contribution in [0.2, 0.25) is 0 Å². The van der Waals surface area contributed by atoms with Gasteiger partial charge in [0.15, 0.2) is 0 Å². The van der Waals surface area contributed by atoms with Gasteiger partial charge >= 0.3 is 0 Å². The standard InChI is InChI=1S/C16H34O2/c1-9-16(18,11-13(4)5)15(8,10-12(2)3)14(6,7)17/h12-13,17-18H,9-11H2,1-8H3. The number of aliphatic hydroxyl groups is 2. The third kappa shape index (κ3) is 3.71.